The number of rotatable bonds is 4. The van der Waals surface area contributed by atoms with Gasteiger partial charge in [-0.15, -0.1) is 0 Å². The number of nitrogens with one attached hydrogen (secondary N) is 1. The van der Waals surface area contributed by atoms with Gasteiger partial charge in [0.1, 0.15) is 0 Å². The minimum atomic E-state index is 0.141. The number of piperidine rings is 3. The molecule has 0 amide bonds. The molecule has 3 fully saturated rings. The zero-order valence-electron chi connectivity index (χ0n) is 13.8. The minimum Gasteiger partial charge on any atom is -0.493 e. The number of nitrogens with zero attached hydrogens (tertiary/aromatic N) is 2. The molecule has 1 aromatic carbocycles. The Morgan fingerprint density at radius 3 is 2.26 bits per heavy atom. The molecule has 0 radical (unpaired) electrons. The SMILES string of the molecule is COc1cc([C@H]2NN=C3C4CCN(CC4)[C@@H]32)cc(OC)c1OC. The fraction of sp³-hybridized carbons (Fsp3) is 0.588. The molecule has 6 nitrogen and oxygen atoms in total. The number of hydrazone groups is 1. The van der Waals surface area contributed by atoms with Gasteiger partial charge in [-0.3, -0.25) is 4.90 Å². The summed E-state index contributed by atoms with van der Waals surface area (Å²) in [7, 11) is 4.93. The number of hydrogen-bond donors (Lipinski definition) is 1. The molecule has 2 bridgehead atoms. The Balaban J connectivity index is 1.71. The molecule has 4 heterocycles. The third-order valence-corrected chi connectivity index (χ3v) is 5.34. The summed E-state index contributed by atoms with van der Waals surface area (Å²) >= 11 is 0. The molecule has 1 N–H and O–H groups in total. The first-order chi connectivity index (χ1) is 11.3. The van der Waals surface area contributed by atoms with Crippen LogP contribution in [-0.4, -0.2) is 51.1 Å². The number of ether oxygens (including phenoxy) is 3. The van der Waals surface area contributed by atoms with Crippen molar-refractivity contribution in [3.05, 3.63) is 17.7 Å². The van der Waals surface area contributed by atoms with E-state index in [-0.39, 0.29) is 6.04 Å². The topological polar surface area (TPSA) is 55.3 Å². The first-order valence-electron chi connectivity index (χ1n) is 8.13. The van der Waals surface area contributed by atoms with Gasteiger partial charge in [-0.1, -0.05) is 0 Å². The van der Waals surface area contributed by atoms with Crippen molar-refractivity contribution >= 4 is 5.71 Å². The van der Waals surface area contributed by atoms with Crippen LogP contribution in [0.1, 0.15) is 24.4 Å². The van der Waals surface area contributed by atoms with Crippen LogP contribution in [0.25, 0.3) is 0 Å². The van der Waals surface area contributed by atoms with Crippen molar-refractivity contribution in [2.75, 3.05) is 34.4 Å². The monoisotopic (exact) mass is 317 g/mol. The molecule has 4 aliphatic rings. The van der Waals surface area contributed by atoms with Crippen LogP contribution in [0.5, 0.6) is 17.2 Å². The van der Waals surface area contributed by atoms with Crippen LogP contribution in [0, 0.1) is 5.92 Å². The van der Waals surface area contributed by atoms with E-state index in [9.17, 15) is 0 Å². The van der Waals surface area contributed by atoms with Crippen molar-refractivity contribution in [3.8, 4) is 17.2 Å². The second-order valence-electron chi connectivity index (χ2n) is 6.36. The number of methoxy groups -OCH3 is 3. The van der Waals surface area contributed by atoms with Gasteiger partial charge in [-0.25, -0.2) is 0 Å². The second-order valence-corrected chi connectivity index (χ2v) is 6.36. The molecule has 2 atom stereocenters. The first kappa shape index (κ1) is 14.6. The predicted octanol–water partition coefficient (Wildman–Crippen LogP) is 1.81. The van der Waals surface area contributed by atoms with Crippen molar-refractivity contribution in [2.45, 2.75) is 24.9 Å². The van der Waals surface area contributed by atoms with Crippen LogP contribution in [0.3, 0.4) is 0 Å². The van der Waals surface area contributed by atoms with Crippen molar-refractivity contribution in [1.29, 1.82) is 0 Å². The van der Waals surface area contributed by atoms with Crippen molar-refractivity contribution in [3.63, 3.8) is 0 Å². The van der Waals surface area contributed by atoms with Crippen LogP contribution < -0.4 is 19.6 Å². The summed E-state index contributed by atoms with van der Waals surface area (Å²) in [5.74, 6) is 2.65. The molecule has 0 spiro atoms. The molecule has 6 heteroatoms. The lowest BCUT2D eigenvalue weighted by Gasteiger charge is -2.45. The molecule has 0 aromatic heterocycles. The summed E-state index contributed by atoms with van der Waals surface area (Å²) in [6.07, 6.45) is 2.47. The van der Waals surface area contributed by atoms with Crippen molar-refractivity contribution in [2.24, 2.45) is 11.0 Å². The standard InChI is InChI=1S/C17H23N3O3/c1-21-12-8-11(9-13(22-2)17(12)23-3)15-16-14(18-19-15)10-4-6-20(16)7-5-10/h8-10,15-16,19H,4-7H2,1-3H3/t15-,16+/m1/s1. The van der Waals surface area contributed by atoms with E-state index >= 15 is 0 Å². The Hall–Kier alpha value is -1.95. The van der Waals surface area contributed by atoms with E-state index in [1.165, 1.54) is 18.6 Å². The fourth-order valence-electron chi connectivity index (χ4n) is 4.19. The Kier molecular flexibility index (Phi) is 3.56. The molecule has 4 aliphatic heterocycles. The van der Waals surface area contributed by atoms with Crippen LogP contribution in [0.4, 0.5) is 0 Å². The Morgan fingerprint density at radius 1 is 1.04 bits per heavy atom. The Labute approximate surface area is 136 Å². The molecule has 124 valence electrons. The van der Waals surface area contributed by atoms with Crippen molar-refractivity contribution < 1.29 is 14.2 Å². The molecular formula is C17H23N3O3. The molecule has 0 unspecified atom stereocenters. The van der Waals surface area contributed by atoms with E-state index < -0.39 is 0 Å². The highest BCUT2D eigenvalue weighted by atomic mass is 16.5. The number of fused-ring (bicyclic) bond motifs is 2. The maximum atomic E-state index is 5.49. The van der Waals surface area contributed by atoms with Gasteiger partial charge < -0.3 is 19.6 Å². The van der Waals surface area contributed by atoms with Gasteiger partial charge in [0.05, 0.1) is 39.1 Å². The highest BCUT2D eigenvalue weighted by molar-refractivity contribution is 5.95. The highest BCUT2D eigenvalue weighted by Crippen LogP contribution is 2.44. The van der Waals surface area contributed by atoms with E-state index in [0.29, 0.717) is 29.2 Å². The molecule has 5 rings (SSSR count). The van der Waals surface area contributed by atoms with Crippen molar-refractivity contribution in [1.82, 2.24) is 10.3 Å². The van der Waals surface area contributed by atoms with E-state index in [0.717, 1.165) is 18.7 Å². The van der Waals surface area contributed by atoms with Gasteiger partial charge >= 0.3 is 0 Å². The van der Waals surface area contributed by atoms with Crippen LogP contribution in [-0.2, 0) is 0 Å². The van der Waals surface area contributed by atoms with Gasteiger partial charge in [0.15, 0.2) is 11.5 Å². The lowest BCUT2D eigenvalue weighted by molar-refractivity contribution is 0.133. The summed E-state index contributed by atoms with van der Waals surface area (Å²) in [4.78, 5) is 2.55. The molecule has 0 saturated carbocycles. The van der Waals surface area contributed by atoms with Crippen LogP contribution in [0.2, 0.25) is 0 Å². The summed E-state index contributed by atoms with van der Waals surface area (Å²) in [6, 6.07) is 4.55. The van der Waals surface area contributed by atoms with Gasteiger partial charge in [-0.05, 0) is 43.6 Å². The second kappa shape index (κ2) is 5.60. The van der Waals surface area contributed by atoms with Crippen LogP contribution in [0.15, 0.2) is 17.2 Å². The third kappa shape index (κ3) is 2.16. The molecule has 1 aromatic rings. The normalized spacial score (nSPS) is 31.2. The Bertz CT molecular complexity index is 613. The average Bonchev–Trinajstić information content (AvgIpc) is 3.08. The highest BCUT2D eigenvalue weighted by Gasteiger charge is 2.47. The van der Waals surface area contributed by atoms with Gasteiger partial charge in [0.25, 0.3) is 0 Å². The lowest BCUT2D eigenvalue weighted by atomic mass is 9.78. The maximum Gasteiger partial charge on any atom is 0.203 e. The van der Waals surface area contributed by atoms with E-state index in [1.807, 2.05) is 12.1 Å². The molecule has 3 saturated heterocycles. The molecule has 23 heavy (non-hydrogen) atoms. The number of benzene rings is 1. The third-order valence-electron chi connectivity index (χ3n) is 5.34. The van der Waals surface area contributed by atoms with E-state index in [2.05, 4.69) is 15.4 Å². The van der Waals surface area contributed by atoms with Crippen LogP contribution >= 0.6 is 0 Å². The number of hydrogen-bond acceptors (Lipinski definition) is 6. The quantitative estimate of drug-likeness (QED) is 0.918. The largest absolute Gasteiger partial charge is 0.493 e. The van der Waals surface area contributed by atoms with Gasteiger partial charge in [0, 0.05) is 5.92 Å². The summed E-state index contributed by atoms with van der Waals surface area (Å²) < 4.78 is 16.4. The zero-order chi connectivity index (χ0) is 16.0. The molecular weight excluding hydrogens is 294 g/mol. The fourth-order valence-corrected chi connectivity index (χ4v) is 4.19. The molecule has 0 aliphatic carbocycles. The maximum absolute atomic E-state index is 5.49. The average molecular weight is 317 g/mol. The summed E-state index contributed by atoms with van der Waals surface area (Å²) in [5, 5.41) is 4.66. The summed E-state index contributed by atoms with van der Waals surface area (Å²) in [5.41, 5.74) is 5.79. The smallest absolute Gasteiger partial charge is 0.203 e. The predicted molar refractivity (Wildman–Crippen MR) is 87.5 cm³/mol. The minimum absolute atomic E-state index is 0.141. The summed E-state index contributed by atoms with van der Waals surface area (Å²) in [6.45, 7) is 2.33. The Morgan fingerprint density at radius 2 is 1.70 bits per heavy atom. The van der Waals surface area contributed by atoms with E-state index in [1.54, 1.807) is 21.3 Å². The van der Waals surface area contributed by atoms with Gasteiger partial charge in [0.2, 0.25) is 5.75 Å². The van der Waals surface area contributed by atoms with E-state index in [4.69, 9.17) is 14.2 Å². The first-order valence-corrected chi connectivity index (χ1v) is 8.13. The lowest BCUT2D eigenvalue weighted by Crippen LogP contribution is -2.56. The zero-order valence-corrected chi connectivity index (χ0v) is 13.8. The van der Waals surface area contributed by atoms with Gasteiger partial charge in [-0.2, -0.15) is 5.10 Å².